The summed E-state index contributed by atoms with van der Waals surface area (Å²) in [4.78, 5) is 18.4. The van der Waals surface area contributed by atoms with Crippen molar-refractivity contribution >= 4 is 6.03 Å². The monoisotopic (exact) mass is 264 g/mol. The van der Waals surface area contributed by atoms with Crippen molar-refractivity contribution in [2.24, 2.45) is 5.41 Å². The van der Waals surface area contributed by atoms with Crippen LogP contribution < -0.4 is 5.32 Å². The van der Waals surface area contributed by atoms with Crippen molar-refractivity contribution in [2.75, 3.05) is 6.54 Å². The van der Waals surface area contributed by atoms with Gasteiger partial charge in [-0.1, -0.05) is 19.0 Å². The summed E-state index contributed by atoms with van der Waals surface area (Å²) in [5, 5.41) is 6.90. The summed E-state index contributed by atoms with van der Waals surface area (Å²) < 4.78 is 5.21. The molecule has 19 heavy (non-hydrogen) atoms. The second-order valence-corrected chi connectivity index (χ2v) is 6.23. The summed E-state index contributed by atoms with van der Waals surface area (Å²) in [5.41, 5.74) is 0.242. The molecule has 1 saturated heterocycles. The molecule has 2 atom stereocenters. The van der Waals surface area contributed by atoms with Crippen LogP contribution in [-0.2, 0) is 0 Å². The lowest BCUT2D eigenvalue weighted by Crippen LogP contribution is -2.41. The van der Waals surface area contributed by atoms with Crippen molar-refractivity contribution in [3.05, 3.63) is 11.7 Å². The molecular formula is C13H20N4O2. The van der Waals surface area contributed by atoms with E-state index < -0.39 is 0 Å². The fraction of sp³-hybridized carbons (Fsp3) is 0.769. The molecule has 2 unspecified atom stereocenters. The van der Waals surface area contributed by atoms with Crippen LogP contribution in [0, 0.1) is 12.3 Å². The van der Waals surface area contributed by atoms with Crippen molar-refractivity contribution in [1.82, 2.24) is 20.4 Å². The first kappa shape index (κ1) is 12.4. The van der Waals surface area contributed by atoms with Gasteiger partial charge in [0.25, 0.3) is 0 Å². The third kappa shape index (κ3) is 2.31. The van der Waals surface area contributed by atoms with Gasteiger partial charge < -0.3 is 14.7 Å². The summed E-state index contributed by atoms with van der Waals surface area (Å²) >= 11 is 0. The molecule has 1 aromatic rings. The molecule has 0 radical (unpaired) electrons. The molecule has 0 bridgehead atoms. The second-order valence-electron chi connectivity index (χ2n) is 6.23. The van der Waals surface area contributed by atoms with E-state index in [2.05, 4.69) is 29.3 Å². The molecule has 104 valence electrons. The average molecular weight is 264 g/mol. The van der Waals surface area contributed by atoms with Gasteiger partial charge in [-0.3, -0.25) is 0 Å². The number of aromatic nitrogens is 2. The van der Waals surface area contributed by atoms with Gasteiger partial charge in [0, 0.05) is 12.6 Å². The van der Waals surface area contributed by atoms with Crippen LogP contribution in [0.15, 0.2) is 4.52 Å². The topological polar surface area (TPSA) is 71.3 Å². The summed E-state index contributed by atoms with van der Waals surface area (Å²) in [7, 11) is 0. The zero-order chi connectivity index (χ0) is 13.6. The fourth-order valence-corrected chi connectivity index (χ4v) is 2.66. The smallest absolute Gasteiger partial charge is 0.318 e. The number of hydrogen-bond donors (Lipinski definition) is 1. The lowest BCUT2D eigenvalue weighted by molar-refractivity contribution is 0.179. The summed E-state index contributed by atoms with van der Waals surface area (Å²) in [5.74, 6) is 1.17. The summed E-state index contributed by atoms with van der Waals surface area (Å²) in [6, 6.07) is 0.225. The van der Waals surface area contributed by atoms with Gasteiger partial charge in [0.15, 0.2) is 5.82 Å². The number of carbonyl (C=O) groups is 1. The Balaban J connectivity index is 1.68. The Labute approximate surface area is 112 Å². The molecule has 2 heterocycles. The maximum Gasteiger partial charge on any atom is 0.318 e. The van der Waals surface area contributed by atoms with Gasteiger partial charge in [-0.05, 0) is 31.6 Å². The molecule has 0 spiro atoms. The van der Waals surface area contributed by atoms with E-state index in [-0.39, 0.29) is 17.5 Å². The first-order valence-corrected chi connectivity index (χ1v) is 6.85. The van der Waals surface area contributed by atoms with Gasteiger partial charge in [-0.2, -0.15) is 4.98 Å². The number of nitrogens with one attached hydrogen (secondary N) is 1. The zero-order valence-electron chi connectivity index (χ0n) is 11.6. The molecule has 6 heteroatoms. The fourth-order valence-electron chi connectivity index (χ4n) is 2.66. The van der Waals surface area contributed by atoms with Crippen LogP contribution in [0.1, 0.15) is 50.9 Å². The maximum atomic E-state index is 12.3. The van der Waals surface area contributed by atoms with E-state index in [0.29, 0.717) is 17.8 Å². The second kappa shape index (κ2) is 4.21. The standard InChI is InChI=1S/C13H20N4O2/c1-8-14-11(19-16-8)9-5-4-6-17(9)12(18)15-10-7-13(10,2)3/h9-10H,4-7H2,1-3H3,(H,15,18). The van der Waals surface area contributed by atoms with Crippen LogP contribution >= 0.6 is 0 Å². The molecule has 1 saturated carbocycles. The molecule has 1 aliphatic carbocycles. The molecule has 2 aliphatic rings. The van der Waals surface area contributed by atoms with E-state index in [1.54, 1.807) is 6.92 Å². The highest BCUT2D eigenvalue weighted by Gasteiger charge is 2.48. The predicted molar refractivity (Wildman–Crippen MR) is 68.4 cm³/mol. The van der Waals surface area contributed by atoms with Crippen molar-refractivity contribution in [3.63, 3.8) is 0 Å². The molecule has 1 aliphatic heterocycles. The largest absolute Gasteiger partial charge is 0.337 e. The highest BCUT2D eigenvalue weighted by Crippen LogP contribution is 2.45. The minimum atomic E-state index is -0.0666. The van der Waals surface area contributed by atoms with Gasteiger partial charge in [0.2, 0.25) is 5.89 Å². The van der Waals surface area contributed by atoms with Crippen LogP contribution in [-0.4, -0.2) is 33.7 Å². The van der Waals surface area contributed by atoms with Gasteiger partial charge >= 0.3 is 6.03 Å². The van der Waals surface area contributed by atoms with Crippen LogP contribution in [0.4, 0.5) is 4.79 Å². The molecule has 2 fully saturated rings. The first-order valence-electron chi connectivity index (χ1n) is 6.85. The Morgan fingerprint density at radius 2 is 2.26 bits per heavy atom. The minimum absolute atomic E-state index is 0.00562. The SMILES string of the molecule is Cc1noc(C2CCCN2C(=O)NC2CC2(C)C)n1. The van der Waals surface area contributed by atoms with Gasteiger partial charge in [0.05, 0.1) is 0 Å². The van der Waals surface area contributed by atoms with Crippen molar-refractivity contribution in [3.8, 4) is 0 Å². The third-order valence-corrected chi connectivity index (χ3v) is 4.15. The quantitative estimate of drug-likeness (QED) is 0.887. The molecule has 2 amide bonds. The average Bonchev–Trinajstić information content (AvgIpc) is 2.80. The number of nitrogens with zero attached hydrogens (tertiary/aromatic N) is 3. The molecule has 6 nitrogen and oxygen atoms in total. The third-order valence-electron chi connectivity index (χ3n) is 4.15. The summed E-state index contributed by atoms with van der Waals surface area (Å²) in [6.07, 6.45) is 2.92. The van der Waals surface area contributed by atoms with E-state index >= 15 is 0 Å². The number of likely N-dealkylation sites (tertiary alicyclic amines) is 1. The first-order chi connectivity index (χ1) is 8.97. The van der Waals surface area contributed by atoms with E-state index in [1.807, 2.05) is 4.90 Å². The van der Waals surface area contributed by atoms with Crippen molar-refractivity contribution in [1.29, 1.82) is 0 Å². The highest BCUT2D eigenvalue weighted by atomic mass is 16.5. The zero-order valence-corrected chi connectivity index (χ0v) is 11.6. The van der Waals surface area contributed by atoms with E-state index in [0.717, 1.165) is 25.8 Å². The number of amides is 2. The lowest BCUT2D eigenvalue weighted by atomic mass is 10.2. The van der Waals surface area contributed by atoms with E-state index in [4.69, 9.17) is 4.52 Å². The van der Waals surface area contributed by atoms with Crippen molar-refractivity contribution in [2.45, 2.75) is 52.1 Å². The normalized spacial score (nSPS) is 28.5. The predicted octanol–water partition coefficient (Wildman–Crippen LogP) is 2.02. The lowest BCUT2D eigenvalue weighted by Gasteiger charge is -2.22. The minimum Gasteiger partial charge on any atom is -0.337 e. The van der Waals surface area contributed by atoms with Crippen LogP contribution in [0.25, 0.3) is 0 Å². The van der Waals surface area contributed by atoms with Crippen LogP contribution in [0.2, 0.25) is 0 Å². The number of hydrogen-bond acceptors (Lipinski definition) is 4. The van der Waals surface area contributed by atoms with Gasteiger partial charge in [0.1, 0.15) is 6.04 Å². The number of urea groups is 1. The number of rotatable bonds is 2. The van der Waals surface area contributed by atoms with Crippen molar-refractivity contribution < 1.29 is 9.32 Å². The molecule has 0 aromatic carbocycles. The van der Waals surface area contributed by atoms with E-state index in [9.17, 15) is 4.79 Å². The number of aryl methyl sites for hydroxylation is 1. The van der Waals surface area contributed by atoms with Gasteiger partial charge in [-0.15, -0.1) is 0 Å². The molecule has 3 rings (SSSR count). The van der Waals surface area contributed by atoms with E-state index in [1.165, 1.54) is 0 Å². The maximum absolute atomic E-state index is 12.3. The Morgan fingerprint density at radius 1 is 1.53 bits per heavy atom. The Morgan fingerprint density at radius 3 is 2.84 bits per heavy atom. The van der Waals surface area contributed by atoms with Gasteiger partial charge in [-0.25, -0.2) is 4.79 Å². The summed E-state index contributed by atoms with van der Waals surface area (Å²) in [6.45, 7) is 6.88. The molecule has 1 N–H and O–H groups in total. The highest BCUT2D eigenvalue weighted by molar-refractivity contribution is 5.75. The van der Waals surface area contributed by atoms with Crippen LogP contribution in [0.5, 0.6) is 0 Å². The Kier molecular flexibility index (Phi) is 2.76. The Hall–Kier alpha value is -1.59. The number of carbonyl (C=O) groups excluding carboxylic acids is 1. The molecular weight excluding hydrogens is 244 g/mol. The molecule has 1 aromatic heterocycles. The van der Waals surface area contributed by atoms with Crippen LogP contribution in [0.3, 0.4) is 0 Å². The Bertz CT molecular complexity index is 497.